The molecular formula is C15H14O3. The first-order valence-corrected chi connectivity index (χ1v) is 5.78. The van der Waals surface area contributed by atoms with Crippen molar-refractivity contribution >= 4 is 5.78 Å². The van der Waals surface area contributed by atoms with Crippen LogP contribution in [-0.4, -0.2) is 16.0 Å². The summed E-state index contributed by atoms with van der Waals surface area (Å²) in [5, 5.41) is 19.1. The van der Waals surface area contributed by atoms with Gasteiger partial charge >= 0.3 is 0 Å². The van der Waals surface area contributed by atoms with Gasteiger partial charge in [0.2, 0.25) is 0 Å². The van der Waals surface area contributed by atoms with Gasteiger partial charge in [-0.1, -0.05) is 31.2 Å². The van der Waals surface area contributed by atoms with Gasteiger partial charge in [-0.05, 0) is 17.7 Å². The number of hydrogen-bond acceptors (Lipinski definition) is 3. The van der Waals surface area contributed by atoms with Crippen LogP contribution in [0.5, 0.6) is 11.5 Å². The zero-order chi connectivity index (χ0) is 13.1. The molecule has 0 spiro atoms. The SMILES string of the molecule is CCC(=O)c1ccccc1-c1ccc(O)cc1O. The number of rotatable bonds is 3. The number of phenolic OH excluding ortho intramolecular Hbond substituents is 2. The molecule has 0 aliphatic heterocycles. The summed E-state index contributed by atoms with van der Waals surface area (Å²) in [6.07, 6.45) is 0.413. The Morgan fingerprint density at radius 2 is 1.78 bits per heavy atom. The number of hydrogen-bond donors (Lipinski definition) is 2. The zero-order valence-electron chi connectivity index (χ0n) is 10.1. The fourth-order valence-electron chi connectivity index (χ4n) is 1.90. The maximum Gasteiger partial charge on any atom is 0.163 e. The summed E-state index contributed by atoms with van der Waals surface area (Å²) in [6.45, 7) is 1.80. The summed E-state index contributed by atoms with van der Waals surface area (Å²) in [6, 6.07) is 11.5. The number of carbonyl (C=O) groups excluding carboxylic acids is 1. The Hall–Kier alpha value is -2.29. The van der Waals surface area contributed by atoms with Crippen molar-refractivity contribution in [2.75, 3.05) is 0 Å². The summed E-state index contributed by atoms with van der Waals surface area (Å²) in [5.74, 6) is -0.0139. The first-order chi connectivity index (χ1) is 8.63. The number of benzene rings is 2. The predicted octanol–water partition coefficient (Wildman–Crippen LogP) is 3.36. The van der Waals surface area contributed by atoms with Crippen molar-refractivity contribution in [1.82, 2.24) is 0 Å². The molecule has 2 N–H and O–H groups in total. The Balaban J connectivity index is 2.60. The smallest absolute Gasteiger partial charge is 0.163 e. The molecule has 0 bridgehead atoms. The number of ketones is 1. The maximum absolute atomic E-state index is 11.9. The van der Waals surface area contributed by atoms with E-state index in [1.54, 1.807) is 31.2 Å². The Bertz CT molecular complexity index is 588. The molecule has 18 heavy (non-hydrogen) atoms. The molecule has 0 amide bonds. The molecule has 2 aromatic carbocycles. The lowest BCUT2D eigenvalue weighted by Crippen LogP contribution is -1.99. The van der Waals surface area contributed by atoms with Crippen molar-refractivity contribution in [2.24, 2.45) is 0 Å². The molecule has 92 valence electrons. The largest absolute Gasteiger partial charge is 0.508 e. The summed E-state index contributed by atoms with van der Waals surface area (Å²) in [4.78, 5) is 11.9. The Morgan fingerprint density at radius 1 is 1.06 bits per heavy atom. The Kier molecular flexibility index (Phi) is 3.33. The number of carbonyl (C=O) groups is 1. The zero-order valence-corrected chi connectivity index (χ0v) is 10.1. The van der Waals surface area contributed by atoms with Gasteiger partial charge in [0.1, 0.15) is 11.5 Å². The summed E-state index contributed by atoms with van der Waals surface area (Å²) in [7, 11) is 0. The lowest BCUT2D eigenvalue weighted by molar-refractivity contribution is 0.0989. The van der Waals surface area contributed by atoms with E-state index in [9.17, 15) is 15.0 Å². The quantitative estimate of drug-likeness (QED) is 0.811. The topological polar surface area (TPSA) is 57.5 Å². The van der Waals surface area contributed by atoms with Crippen molar-refractivity contribution in [1.29, 1.82) is 0 Å². The van der Waals surface area contributed by atoms with Gasteiger partial charge in [0.15, 0.2) is 5.78 Å². The van der Waals surface area contributed by atoms with E-state index < -0.39 is 0 Å². The minimum absolute atomic E-state index is 0.00412. The van der Waals surface area contributed by atoms with Crippen LogP contribution in [0.4, 0.5) is 0 Å². The third-order valence-electron chi connectivity index (χ3n) is 2.82. The first kappa shape index (κ1) is 12.2. The van der Waals surface area contributed by atoms with Crippen molar-refractivity contribution in [2.45, 2.75) is 13.3 Å². The van der Waals surface area contributed by atoms with Gasteiger partial charge in [0.25, 0.3) is 0 Å². The van der Waals surface area contributed by atoms with E-state index >= 15 is 0 Å². The molecule has 0 aromatic heterocycles. The van der Waals surface area contributed by atoms with Gasteiger partial charge in [-0.3, -0.25) is 4.79 Å². The van der Waals surface area contributed by atoms with Crippen LogP contribution < -0.4 is 0 Å². The normalized spacial score (nSPS) is 10.3. The highest BCUT2D eigenvalue weighted by Crippen LogP contribution is 2.34. The van der Waals surface area contributed by atoms with Crippen LogP contribution in [0.1, 0.15) is 23.7 Å². The molecule has 0 unspecified atom stereocenters. The third kappa shape index (κ3) is 2.20. The molecule has 0 saturated heterocycles. The minimum atomic E-state index is -0.0358. The van der Waals surface area contributed by atoms with Crippen LogP contribution >= 0.6 is 0 Å². The Morgan fingerprint density at radius 3 is 2.44 bits per heavy atom. The van der Waals surface area contributed by atoms with Crippen LogP contribution in [-0.2, 0) is 0 Å². The average molecular weight is 242 g/mol. The molecule has 3 heteroatoms. The van der Waals surface area contributed by atoms with Crippen LogP contribution in [0.3, 0.4) is 0 Å². The maximum atomic E-state index is 11.9. The second-order valence-corrected chi connectivity index (χ2v) is 4.02. The molecule has 0 aliphatic carbocycles. The number of aromatic hydroxyl groups is 2. The van der Waals surface area contributed by atoms with Crippen LogP contribution in [0.2, 0.25) is 0 Å². The highest BCUT2D eigenvalue weighted by atomic mass is 16.3. The monoisotopic (exact) mass is 242 g/mol. The molecule has 0 aliphatic rings. The van der Waals surface area contributed by atoms with Crippen molar-refractivity contribution in [3.05, 3.63) is 48.0 Å². The van der Waals surface area contributed by atoms with E-state index in [4.69, 9.17) is 0 Å². The van der Waals surface area contributed by atoms with E-state index in [0.717, 1.165) is 0 Å². The molecular weight excluding hydrogens is 228 g/mol. The molecule has 2 rings (SSSR count). The lowest BCUT2D eigenvalue weighted by atomic mass is 9.95. The van der Waals surface area contributed by atoms with Gasteiger partial charge < -0.3 is 10.2 Å². The van der Waals surface area contributed by atoms with Gasteiger partial charge in [-0.25, -0.2) is 0 Å². The second kappa shape index (κ2) is 4.92. The van der Waals surface area contributed by atoms with E-state index in [-0.39, 0.29) is 17.3 Å². The van der Waals surface area contributed by atoms with Crippen molar-refractivity contribution in [3.8, 4) is 22.6 Å². The molecule has 0 radical (unpaired) electrons. The number of phenols is 2. The highest BCUT2D eigenvalue weighted by Gasteiger charge is 2.13. The standard InChI is InChI=1S/C15H14O3/c1-2-14(17)12-6-4-3-5-11(12)13-8-7-10(16)9-15(13)18/h3-9,16,18H,2H2,1H3. The molecule has 0 heterocycles. The van der Waals surface area contributed by atoms with Crippen LogP contribution in [0.25, 0.3) is 11.1 Å². The fraction of sp³-hybridized carbons (Fsp3) is 0.133. The van der Waals surface area contributed by atoms with Crippen LogP contribution in [0.15, 0.2) is 42.5 Å². The second-order valence-electron chi connectivity index (χ2n) is 4.02. The van der Waals surface area contributed by atoms with Gasteiger partial charge in [0.05, 0.1) is 0 Å². The molecule has 0 atom stereocenters. The van der Waals surface area contributed by atoms with Crippen LogP contribution in [0, 0.1) is 0 Å². The fourth-order valence-corrected chi connectivity index (χ4v) is 1.90. The third-order valence-corrected chi connectivity index (χ3v) is 2.82. The Labute approximate surface area is 105 Å². The van der Waals surface area contributed by atoms with Gasteiger partial charge in [0, 0.05) is 23.6 Å². The van der Waals surface area contributed by atoms with Gasteiger partial charge in [-0.15, -0.1) is 0 Å². The summed E-state index contributed by atoms with van der Waals surface area (Å²) in [5.41, 5.74) is 1.81. The predicted molar refractivity (Wildman–Crippen MR) is 69.8 cm³/mol. The van der Waals surface area contributed by atoms with E-state index in [0.29, 0.717) is 23.1 Å². The summed E-state index contributed by atoms with van der Waals surface area (Å²) < 4.78 is 0. The van der Waals surface area contributed by atoms with E-state index in [1.165, 1.54) is 12.1 Å². The first-order valence-electron chi connectivity index (χ1n) is 5.78. The number of Topliss-reactive ketones (excluding diaryl/α,β-unsaturated/α-hetero) is 1. The van der Waals surface area contributed by atoms with Crippen molar-refractivity contribution in [3.63, 3.8) is 0 Å². The average Bonchev–Trinajstić information content (AvgIpc) is 2.38. The lowest BCUT2D eigenvalue weighted by Gasteiger charge is -2.10. The van der Waals surface area contributed by atoms with Gasteiger partial charge in [-0.2, -0.15) is 0 Å². The molecule has 3 nitrogen and oxygen atoms in total. The molecule has 2 aromatic rings. The highest BCUT2D eigenvalue weighted by molar-refractivity contribution is 6.02. The minimum Gasteiger partial charge on any atom is -0.508 e. The van der Waals surface area contributed by atoms with Crippen molar-refractivity contribution < 1.29 is 15.0 Å². The molecule has 0 fully saturated rings. The summed E-state index contributed by atoms with van der Waals surface area (Å²) >= 11 is 0. The molecule has 0 saturated carbocycles. The van der Waals surface area contributed by atoms with E-state index in [2.05, 4.69) is 0 Å². The van der Waals surface area contributed by atoms with E-state index in [1.807, 2.05) is 6.07 Å².